The number of nitrogens with one attached hydrogen (secondary N) is 1. The van der Waals surface area contributed by atoms with Crippen LogP contribution in [0.15, 0.2) is 36.4 Å². The second-order valence-electron chi connectivity index (χ2n) is 7.83. The van der Waals surface area contributed by atoms with E-state index < -0.39 is 0 Å². The number of ether oxygens (including phenoxy) is 3. The lowest BCUT2D eigenvalue weighted by atomic mass is 9.86. The van der Waals surface area contributed by atoms with Crippen molar-refractivity contribution in [2.24, 2.45) is 0 Å². The van der Waals surface area contributed by atoms with Gasteiger partial charge in [-0.05, 0) is 53.6 Å². The van der Waals surface area contributed by atoms with Crippen LogP contribution in [0.3, 0.4) is 0 Å². The lowest BCUT2D eigenvalue weighted by Gasteiger charge is -2.23. The van der Waals surface area contributed by atoms with Crippen LogP contribution in [-0.2, 0) is 16.6 Å². The third kappa shape index (κ3) is 5.91. The molecular weight excluding hydrogens is 354 g/mol. The maximum atomic E-state index is 12.2. The van der Waals surface area contributed by atoms with Gasteiger partial charge in [0, 0.05) is 6.54 Å². The van der Waals surface area contributed by atoms with Gasteiger partial charge in [-0.15, -0.1) is 0 Å². The summed E-state index contributed by atoms with van der Waals surface area (Å²) in [5.74, 6) is 2.00. The fourth-order valence-corrected chi connectivity index (χ4v) is 2.95. The van der Waals surface area contributed by atoms with E-state index in [0.717, 1.165) is 22.4 Å². The first-order valence-electron chi connectivity index (χ1n) is 9.46. The molecule has 0 radical (unpaired) electrons. The van der Waals surface area contributed by atoms with Gasteiger partial charge >= 0.3 is 0 Å². The molecule has 5 nitrogen and oxygen atoms in total. The van der Waals surface area contributed by atoms with E-state index in [9.17, 15) is 4.79 Å². The highest BCUT2D eigenvalue weighted by atomic mass is 16.5. The zero-order chi connectivity index (χ0) is 20.7. The SMILES string of the molecule is COc1ccc(CCNC(=O)COc2cc(C)ccc2C(C)(C)C)cc1OC. The molecule has 1 N–H and O–H groups in total. The largest absolute Gasteiger partial charge is 0.493 e. The highest BCUT2D eigenvalue weighted by Gasteiger charge is 2.19. The highest BCUT2D eigenvalue weighted by molar-refractivity contribution is 5.77. The third-order valence-corrected chi connectivity index (χ3v) is 4.49. The third-order valence-electron chi connectivity index (χ3n) is 4.49. The molecule has 152 valence electrons. The van der Waals surface area contributed by atoms with E-state index in [1.54, 1.807) is 14.2 Å². The predicted molar refractivity (Wildman–Crippen MR) is 112 cm³/mol. The topological polar surface area (TPSA) is 56.8 Å². The van der Waals surface area contributed by atoms with Crippen LogP contribution in [0.1, 0.15) is 37.5 Å². The van der Waals surface area contributed by atoms with Crippen molar-refractivity contribution in [3.63, 3.8) is 0 Å². The van der Waals surface area contributed by atoms with E-state index in [1.165, 1.54) is 0 Å². The molecule has 0 saturated carbocycles. The maximum absolute atomic E-state index is 12.2. The van der Waals surface area contributed by atoms with Crippen molar-refractivity contribution in [2.45, 2.75) is 39.5 Å². The van der Waals surface area contributed by atoms with Gasteiger partial charge in [0.05, 0.1) is 14.2 Å². The molecule has 0 aliphatic carbocycles. The Kier molecular flexibility index (Phi) is 7.32. The molecule has 0 heterocycles. The van der Waals surface area contributed by atoms with E-state index in [4.69, 9.17) is 14.2 Å². The van der Waals surface area contributed by atoms with Crippen LogP contribution in [0.2, 0.25) is 0 Å². The van der Waals surface area contributed by atoms with Crippen molar-refractivity contribution < 1.29 is 19.0 Å². The Morgan fingerprint density at radius 3 is 2.32 bits per heavy atom. The number of amides is 1. The molecule has 0 aromatic heterocycles. The zero-order valence-electron chi connectivity index (χ0n) is 17.7. The van der Waals surface area contributed by atoms with E-state index in [1.807, 2.05) is 31.2 Å². The Morgan fingerprint density at radius 1 is 0.964 bits per heavy atom. The lowest BCUT2D eigenvalue weighted by Crippen LogP contribution is -2.31. The fraction of sp³-hybridized carbons (Fsp3) is 0.435. The number of carbonyl (C=O) groups excluding carboxylic acids is 1. The highest BCUT2D eigenvalue weighted by Crippen LogP contribution is 2.32. The summed E-state index contributed by atoms with van der Waals surface area (Å²) < 4.78 is 16.4. The minimum atomic E-state index is -0.137. The Labute approximate surface area is 168 Å². The standard InChI is InChI=1S/C23H31NO4/c1-16-7-9-18(23(2,3)4)20(13-16)28-15-22(25)24-12-11-17-8-10-19(26-5)21(14-17)27-6/h7-10,13-14H,11-12,15H2,1-6H3,(H,24,25). The first-order chi connectivity index (χ1) is 13.2. The number of carbonyl (C=O) groups is 1. The lowest BCUT2D eigenvalue weighted by molar-refractivity contribution is -0.123. The summed E-state index contributed by atoms with van der Waals surface area (Å²) in [6.45, 7) is 8.94. The summed E-state index contributed by atoms with van der Waals surface area (Å²) in [7, 11) is 3.22. The molecule has 2 aromatic carbocycles. The molecule has 0 aliphatic rings. The number of benzene rings is 2. The molecule has 0 atom stereocenters. The molecule has 0 spiro atoms. The first kappa shape index (κ1) is 21.6. The summed E-state index contributed by atoms with van der Waals surface area (Å²) in [6, 6.07) is 11.9. The van der Waals surface area contributed by atoms with Gasteiger partial charge in [-0.2, -0.15) is 0 Å². The van der Waals surface area contributed by atoms with Crippen LogP contribution in [0.25, 0.3) is 0 Å². The van der Waals surface area contributed by atoms with Crippen LogP contribution in [0.5, 0.6) is 17.2 Å². The van der Waals surface area contributed by atoms with Crippen LogP contribution in [-0.4, -0.2) is 33.3 Å². The summed E-state index contributed by atoms with van der Waals surface area (Å²) in [4.78, 5) is 12.2. The summed E-state index contributed by atoms with van der Waals surface area (Å²) >= 11 is 0. The van der Waals surface area contributed by atoms with Gasteiger partial charge in [-0.1, -0.05) is 39.0 Å². The summed E-state index contributed by atoms with van der Waals surface area (Å²) in [5.41, 5.74) is 3.22. The number of rotatable bonds is 8. The molecule has 2 aromatic rings. The quantitative estimate of drug-likeness (QED) is 0.745. The van der Waals surface area contributed by atoms with Gasteiger partial charge in [-0.3, -0.25) is 4.79 Å². The van der Waals surface area contributed by atoms with E-state index >= 15 is 0 Å². The first-order valence-corrected chi connectivity index (χ1v) is 9.46. The molecule has 0 aliphatic heterocycles. The van der Waals surface area contributed by atoms with Gasteiger partial charge in [-0.25, -0.2) is 0 Å². The second kappa shape index (κ2) is 9.49. The molecule has 0 fully saturated rings. The molecule has 28 heavy (non-hydrogen) atoms. The van der Waals surface area contributed by atoms with E-state index in [-0.39, 0.29) is 17.9 Å². The fourth-order valence-electron chi connectivity index (χ4n) is 2.95. The van der Waals surface area contributed by atoms with E-state index in [0.29, 0.717) is 24.5 Å². The molecule has 5 heteroatoms. The van der Waals surface area contributed by atoms with Crippen molar-refractivity contribution in [2.75, 3.05) is 27.4 Å². The number of hydrogen-bond acceptors (Lipinski definition) is 4. The van der Waals surface area contributed by atoms with Crippen molar-refractivity contribution >= 4 is 5.91 Å². The Hall–Kier alpha value is -2.69. The summed E-state index contributed by atoms with van der Waals surface area (Å²) in [6.07, 6.45) is 0.698. The van der Waals surface area contributed by atoms with Gasteiger partial charge in [0.1, 0.15) is 5.75 Å². The minimum absolute atomic E-state index is 0.00152. The summed E-state index contributed by atoms with van der Waals surface area (Å²) in [5, 5.41) is 2.90. The van der Waals surface area contributed by atoms with Crippen molar-refractivity contribution in [3.05, 3.63) is 53.1 Å². The van der Waals surface area contributed by atoms with Gasteiger partial charge < -0.3 is 19.5 Å². The second-order valence-corrected chi connectivity index (χ2v) is 7.83. The average molecular weight is 386 g/mol. The molecule has 0 unspecified atom stereocenters. The molecule has 0 saturated heterocycles. The van der Waals surface area contributed by atoms with E-state index in [2.05, 4.69) is 38.2 Å². The smallest absolute Gasteiger partial charge is 0.257 e. The number of hydrogen-bond donors (Lipinski definition) is 1. The Bertz CT molecular complexity index is 809. The predicted octanol–water partition coefficient (Wildman–Crippen LogP) is 4.05. The monoisotopic (exact) mass is 385 g/mol. The van der Waals surface area contributed by atoms with Crippen molar-refractivity contribution in [3.8, 4) is 17.2 Å². The van der Waals surface area contributed by atoms with Gasteiger partial charge in [0.15, 0.2) is 18.1 Å². The average Bonchev–Trinajstić information content (AvgIpc) is 2.65. The molecule has 0 bridgehead atoms. The Morgan fingerprint density at radius 2 is 1.68 bits per heavy atom. The van der Waals surface area contributed by atoms with Crippen LogP contribution in [0, 0.1) is 6.92 Å². The van der Waals surface area contributed by atoms with Crippen LogP contribution in [0.4, 0.5) is 0 Å². The van der Waals surface area contributed by atoms with Crippen molar-refractivity contribution in [1.29, 1.82) is 0 Å². The molecule has 1 amide bonds. The molecule has 2 rings (SSSR count). The van der Waals surface area contributed by atoms with Crippen molar-refractivity contribution in [1.82, 2.24) is 5.32 Å². The maximum Gasteiger partial charge on any atom is 0.257 e. The number of aryl methyl sites for hydroxylation is 1. The van der Waals surface area contributed by atoms with Crippen LogP contribution >= 0.6 is 0 Å². The number of methoxy groups -OCH3 is 2. The Balaban J connectivity index is 1.88. The minimum Gasteiger partial charge on any atom is -0.493 e. The van der Waals surface area contributed by atoms with Crippen LogP contribution < -0.4 is 19.5 Å². The molecular formula is C23H31NO4. The zero-order valence-corrected chi connectivity index (χ0v) is 17.7. The normalized spacial score (nSPS) is 11.1. The van der Waals surface area contributed by atoms with Gasteiger partial charge in [0.2, 0.25) is 0 Å². The van der Waals surface area contributed by atoms with Gasteiger partial charge in [0.25, 0.3) is 5.91 Å².